The van der Waals surface area contributed by atoms with Crippen LogP contribution in [0.2, 0.25) is 0 Å². The maximum Gasteiger partial charge on any atom is 0.411 e. The highest BCUT2D eigenvalue weighted by molar-refractivity contribution is 5.33. The van der Waals surface area contributed by atoms with Gasteiger partial charge in [-0.05, 0) is 13.8 Å². The van der Waals surface area contributed by atoms with Crippen LogP contribution in [0.3, 0.4) is 0 Å². The zero-order chi connectivity index (χ0) is 12.9. The van der Waals surface area contributed by atoms with Crippen molar-refractivity contribution < 1.29 is 17.9 Å². The minimum atomic E-state index is -4.28. The fraction of sp³-hybridized carbons (Fsp3) is 0.600. The van der Waals surface area contributed by atoms with E-state index in [0.717, 1.165) is 11.4 Å². The van der Waals surface area contributed by atoms with E-state index in [2.05, 4.69) is 20.0 Å². The summed E-state index contributed by atoms with van der Waals surface area (Å²) in [6.45, 7) is 2.64. The van der Waals surface area contributed by atoms with Crippen LogP contribution in [0.5, 0.6) is 0 Å². The third-order valence-electron chi connectivity index (χ3n) is 2.01. The lowest BCUT2D eigenvalue weighted by atomic mass is 10.3. The van der Waals surface area contributed by atoms with Gasteiger partial charge in [0, 0.05) is 6.54 Å². The molecule has 1 heterocycles. The number of aryl methyl sites for hydroxylation is 2. The van der Waals surface area contributed by atoms with Crippen LogP contribution < -0.4 is 5.32 Å². The van der Waals surface area contributed by atoms with E-state index in [1.807, 2.05) is 13.8 Å². The van der Waals surface area contributed by atoms with Crippen LogP contribution >= 0.6 is 0 Å². The first-order chi connectivity index (χ1) is 7.88. The number of nitrogens with zero attached hydrogens (tertiary/aromatic N) is 2. The molecule has 0 aliphatic rings. The first-order valence-corrected chi connectivity index (χ1v) is 5.07. The molecule has 7 heteroatoms. The third-order valence-corrected chi connectivity index (χ3v) is 2.01. The summed E-state index contributed by atoms with van der Waals surface area (Å²) in [5, 5.41) is 2.83. The predicted octanol–water partition coefficient (Wildman–Crippen LogP) is 2.08. The first-order valence-electron chi connectivity index (χ1n) is 5.07. The fourth-order valence-electron chi connectivity index (χ4n) is 1.07. The van der Waals surface area contributed by atoms with E-state index in [1.54, 1.807) is 0 Å². The van der Waals surface area contributed by atoms with Gasteiger partial charge in [0.05, 0.1) is 24.2 Å². The lowest BCUT2D eigenvalue weighted by molar-refractivity contribution is -0.172. The summed E-state index contributed by atoms with van der Waals surface area (Å²) in [4.78, 5) is 8.24. The Labute approximate surface area is 97.2 Å². The molecule has 4 nitrogen and oxygen atoms in total. The molecule has 0 unspecified atom stereocenters. The van der Waals surface area contributed by atoms with Gasteiger partial charge in [-0.1, -0.05) is 0 Å². The number of nitrogens with one attached hydrogen (secondary N) is 1. The van der Waals surface area contributed by atoms with Gasteiger partial charge in [0.15, 0.2) is 0 Å². The second-order valence-corrected chi connectivity index (χ2v) is 3.52. The number of halogens is 3. The van der Waals surface area contributed by atoms with Crippen molar-refractivity contribution in [2.75, 3.05) is 25.1 Å². The van der Waals surface area contributed by atoms with Gasteiger partial charge in [-0.25, -0.2) is 4.98 Å². The quantitative estimate of drug-likeness (QED) is 0.812. The molecule has 96 valence electrons. The normalized spacial score (nSPS) is 11.6. The van der Waals surface area contributed by atoms with E-state index in [4.69, 9.17) is 0 Å². The zero-order valence-corrected chi connectivity index (χ0v) is 9.64. The monoisotopic (exact) mass is 249 g/mol. The number of ether oxygens (including phenoxy) is 1. The van der Waals surface area contributed by atoms with E-state index in [9.17, 15) is 13.2 Å². The van der Waals surface area contributed by atoms with Gasteiger partial charge in [-0.15, -0.1) is 0 Å². The summed E-state index contributed by atoms with van der Waals surface area (Å²) >= 11 is 0. The maximum atomic E-state index is 11.7. The molecule has 0 saturated heterocycles. The Balaban J connectivity index is 2.25. The number of rotatable bonds is 5. The summed E-state index contributed by atoms with van der Waals surface area (Å²) in [5.74, 6) is 0.531. The Morgan fingerprint density at radius 2 is 2.00 bits per heavy atom. The standard InChI is InChI=1S/C10H14F3N3O/c1-7-8(2)16-9(5-15-7)14-3-4-17-6-10(11,12)13/h5H,3-4,6H2,1-2H3,(H,14,16). The number of anilines is 1. The SMILES string of the molecule is Cc1ncc(NCCOCC(F)(F)F)nc1C. The lowest BCUT2D eigenvalue weighted by Gasteiger charge is -2.09. The Morgan fingerprint density at radius 1 is 1.29 bits per heavy atom. The van der Waals surface area contributed by atoms with Crippen molar-refractivity contribution in [1.82, 2.24) is 9.97 Å². The van der Waals surface area contributed by atoms with Crippen LogP contribution in [-0.4, -0.2) is 35.9 Å². The Kier molecular flexibility index (Phi) is 4.68. The molecule has 1 aromatic heterocycles. The topological polar surface area (TPSA) is 47.0 Å². The Morgan fingerprint density at radius 3 is 2.59 bits per heavy atom. The predicted molar refractivity (Wildman–Crippen MR) is 56.9 cm³/mol. The van der Waals surface area contributed by atoms with Gasteiger partial charge in [-0.3, -0.25) is 4.98 Å². The van der Waals surface area contributed by atoms with E-state index in [0.29, 0.717) is 5.82 Å². The molecule has 0 fully saturated rings. The molecule has 0 aromatic carbocycles. The van der Waals surface area contributed by atoms with Gasteiger partial charge in [0.1, 0.15) is 12.4 Å². The zero-order valence-electron chi connectivity index (χ0n) is 9.64. The summed E-state index contributed by atoms with van der Waals surface area (Å²) in [5.41, 5.74) is 1.61. The van der Waals surface area contributed by atoms with Crippen LogP contribution in [0.25, 0.3) is 0 Å². The maximum absolute atomic E-state index is 11.7. The van der Waals surface area contributed by atoms with Crippen molar-refractivity contribution in [1.29, 1.82) is 0 Å². The van der Waals surface area contributed by atoms with E-state index in [-0.39, 0.29) is 13.2 Å². The third kappa shape index (κ3) is 5.48. The molecule has 0 bridgehead atoms. The van der Waals surface area contributed by atoms with Gasteiger partial charge < -0.3 is 10.1 Å². The molecule has 1 rings (SSSR count). The van der Waals surface area contributed by atoms with Gasteiger partial charge >= 0.3 is 6.18 Å². The minimum absolute atomic E-state index is 0.0336. The molecule has 0 aliphatic carbocycles. The summed E-state index contributed by atoms with van der Waals surface area (Å²) in [6, 6.07) is 0. The summed E-state index contributed by atoms with van der Waals surface area (Å²) in [7, 11) is 0. The Bertz CT molecular complexity index is 368. The molecule has 0 amide bonds. The highest BCUT2D eigenvalue weighted by Gasteiger charge is 2.27. The molecule has 0 atom stereocenters. The number of hydrogen-bond acceptors (Lipinski definition) is 4. The number of alkyl halides is 3. The van der Waals surface area contributed by atoms with Crippen molar-refractivity contribution in [2.24, 2.45) is 0 Å². The average Bonchev–Trinajstić information content (AvgIpc) is 2.21. The van der Waals surface area contributed by atoms with Gasteiger partial charge in [0.2, 0.25) is 0 Å². The van der Waals surface area contributed by atoms with E-state index in [1.165, 1.54) is 6.20 Å². The second-order valence-electron chi connectivity index (χ2n) is 3.52. The molecule has 0 saturated carbocycles. The van der Waals surface area contributed by atoms with Crippen molar-refractivity contribution in [2.45, 2.75) is 20.0 Å². The van der Waals surface area contributed by atoms with Crippen molar-refractivity contribution in [3.63, 3.8) is 0 Å². The average molecular weight is 249 g/mol. The summed E-state index contributed by atoms with van der Waals surface area (Å²) in [6.07, 6.45) is -2.74. The molecular weight excluding hydrogens is 235 g/mol. The van der Waals surface area contributed by atoms with Crippen molar-refractivity contribution >= 4 is 5.82 Å². The van der Waals surface area contributed by atoms with Gasteiger partial charge in [0.25, 0.3) is 0 Å². The summed E-state index contributed by atoms with van der Waals surface area (Å²) < 4.78 is 39.6. The smallest absolute Gasteiger partial charge is 0.370 e. The second kappa shape index (κ2) is 5.81. The van der Waals surface area contributed by atoms with Crippen LogP contribution in [-0.2, 0) is 4.74 Å². The Hall–Kier alpha value is -1.37. The molecule has 0 aliphatic heterocycles. The highest BCUT2D eigenvalue weighted by Crippen LogP contribution is 2.14. The molecule has 0 radical (unpaired) electrons. The first kappa shape index (κ1) is 13.7. The van der Waals surface area contributed by atoms with Gasteiger partial charge in [-0.2, -0.15) is 13.2 Å². The fourth-order valence-corrected chi connectivity index (χ4v) is 1.07. The highest BCUT2D eigenvalue weighted by atomic mass is 19.4. The molecule has 1 aromatic rings. The van der Waals surface area contributed by atoms with E-state index < -0.39 is 12.8 Å². The van der Waals surface area contributed by atoms with E-state index >= 15 is 0 Å². The van der Waals surface area contributed by atoms with Crippen molar-refractivity contribution in [3.05, 3.63) is 17.6 Å². The lowest BCUT2D eigenvalue weighted by Crippen LogP contribution is -2.20. The number of aromatic nitrogens is 2. The minimum Gasteiger partial charge on any atom is -0.370 e. The molecule has 17 heavy (non-hydrogen) atoms. The van der Waals surface area contributed by atoms with Crippen molar-refractivity contribution in [3.8, 4) is 0 Å². The molecule has 0 spiro atoms. The molecule has 1 N–H and O–H groups in total. The van der Waals surface area contributed by atoms with Crippen LogP contribution in [0.1, 0.15) is 11.4 Å². The van der Waals surface area contributed by atoms with Crippen LogP contribution in [0.4, 0.5) is 19.0 Å². The van der Waals surface area contributed by atoms with Crippen LogP contribution in [0, 0.1) is 13.8 Å². The van der Waals surface area contributed by atoms with Crippen LogP contribution in [0.15, 0.2) is 6.20 Å². The number of hydrogen-bond donors (Lipinski definition) is 1. The largest absolute Gasteiger partial charge is 0.411 e. The molecular formula is C10H14F3N3O.